The Kier molecular flexibility index (Phi) is 2.82. The first kappa shape index (κ1) is 10.3. The topological polar surface area (TPSA) is 55.5 Å². The normalized spacial score (nSPS) is 23.9. The molecule has 82 valence electrons. The van der Waals surface area contributed by atoms with Crippen LogP contribution in [0.2, 0.25) is 0 Å². The maximum atomic E-state index is 9.13. The molecule has 1 aliphatic carbocycles. The fraction of sp³-hybridized carbons (Fsp3) is 0.500. The molecular formula is C12H17NO2. The molecule has 0 bridgehead atoms. The highest BCUT2D eigenvalue weighted by Crippen LogP contribution is 2.33. The summed E-state index contributed by atoms with van der Waals surface area (Å²) in [6.45, 7) is 2.64. The van der Waals surface area contributed by atoms with Crippen molar-refractivity contribution >= 4 is 5.69 Å². The largest absolute Gasteiger partial charge is 0.494 e. The van der Waals surface area contributed by atoms with Crippen LogP contribution in [0.15, 0.2) is 18.2 Å². The maximum absolute atomic E-state index is 9.13. The number of anilines is 1. The zero-order valence-electron chi connectivity index (χ0n) is 8.94. The summed E-state index contributed by atoms with van der Waals surface area (Å²) in [6, 6.07) is 5.68. The number of nitrogens with two attached hydrogens (primary N) is 1. The van der Waals surface area contributed by atoms with Crippen LogP contribution < -0.4 is 10.5 Å². The van der Waals surface area contributed by atoms with E-state index in [0.717, 1.165) is 29.8 Å². The number of aryl methyl sites for hydroxylation is 1. The molecule has 1 aliphatic rings. The van der Waals surface area contributed by atoms with Gasteiger partial charge in [-0.2, -0.15) is 0 Å². The van der Waals surface area contributed by atoms with E-state index in [9.17, 15) is 0 Å². The van der Waals surface area contributed by atoms with Gasteiger partial charge in [-0.3, -0.25) is 0 Å². The van der Waals surface area contributed by atoms with Crippen LogP contribution in [0.25, 0.3) is 0 Å². The molecule has 0 aromatic heterocycles. The average Bonchev–Trinajstić information content (AvgIpc) is 2.88. The summed E-state index contributed by atoms with van der Waals surface area (Å²) in [5, 5.41) is 9.13. The lowest BCUT2D eigenvalue weighted by Crippen LogP contribution is -2.00. The van der Waals surface area contributed by atoms with Crippen LogP contribution in [0.4, 0.5) is 5.69 Å². The van der Waals surface area contributed by atoms with Crippen LogP contribution >= 0.6 is 0 Å². The minimum Gasteiger partial charge on any atom is -0.494 e. The number of aliphatic hydroxyl groups excluding tert-OH is 1. The Morgan fingerprint density at radius 2 is 2.27 bits per heavy atom. The Bertz CT molecular complexity index is 351. The number of hydrogen-bond donors (Lipinski definition) is 2. The zero-order valence-corrected chi connectivity index (χ0v) is 8.94. The monoisotopic (exact) mass is 207 g/mol. The zero-order chi connectivity index (χ0) is 10.8. The van der Waals surface area contributed by atoms with E-state index in [1.807, 2.05) is 25.1 Å². The third kappa shape index (κ3) is 2.63. The van der Waals surface area contributed by atoms with Crippen molar-refractivity contribution in [3.63, 3.8) is 0 Å². The fourth-order valence-corrected chi connectivity index (χ4v) is 1.61. The Morgan fingerprint density at radius 3 is 2.87 bits per heavy atom. The summed E-state index contributed by atoms with van der Waals surface area (Å²) < 4.78 is 5.57. The molecule has 1 fully saturated rings. The highest BCUT2D eigenvalue weighted by atomic mass is 16.5. The van der Waals surface area contributed by atoms with Gasteiger partial charge in [0.15, 0.2) is 0 Å². The van der Waals surface area contributed by atoms with Crippen LogP contribution in [-0.2, 0) is 0 Å². The number of aliphatic hydroxyl groups is 1. The SMILES string of the molecule is Cc1cc(OCCC2CC2O)ccc1N. The van der Waals surface area contributed by atoms with Crippen molar-refractivity contribution in [3.8, 4) is 5.75 Å². The van der Waals surface area contributed by atoms with Crippen LogP contribution in [0.1, 0.15) is 18.4 Å². The summed E-state index contributed by atoms with van der Waals surface area (Å²) in [4.78, 5) is 0. The standard InChI is InChI=1S/C12H17NO2/c1-8-6-10(2-3-11(8)13)15-5-4-9-7-12(9)14/h2-3,6,9,12,14H,4-5,7,13H2,1H3. The third-order valence-electron chi connectivity index (χ3n) is 2.88. The highest BCUT2D eigenvalue weighted by Gasteiger charge is 2.34. The molecule has 0 heterocycles. The molecule has 2 rings (SSSR count). The maximum Gasteiger partial charge on any atom is 0.119 e. The van der Waals surface area contributed by atoms with Crippen molar-refractivity contribution in [2.75, 3.05) is 12.3 Å². The molecule has 3 N–H and O–H groups in total. The third-order valence-corrected chi connectivity index (χ3v) is 2.88. The number of nitrogen functional groups attached to an aromatic ring is 1. The molecule has 1 aromatic carbocycles. The lowest BCUT2D eigenvalue weighted by molar-refractivity contribution is 0.238. The van der Waals surface area contributed by atoms with E-state index in [1.165, 1.54) is 0 Å². The Morgan fingerprint density at radius 1 is 1.53 bits per heavy atom. The molecule has 0 aliphatic heterocycles. The van der Waals surface area contributed by atoms with Gasteiger partial charge in [0.05, 0.1) is 12.7 Å². The quantitative estimate of drug-likeness (QED) is 0.739. The van der Waals surface area contributed by atoms with E-state index in [0.29, 0.717) is 12.5 Å². The van der Waals surface area contributed by atoms with Gasteiger partial charge >= 0.3 is 0 Å². The van der Waals surface area contributed by atoms with Gasteiger partial charge in [0, 0.05) is 5.69 Å². The van der Waals surface area contributed by atoms with Crippen molar-refractivity contribution in [1.82, 2.24) is 0 Å². The highest BCUT2D eigenvalue weighted by molar-refractivity contribution is 5.49. The van der Waals surface area contributed by atoms with E-state index in [2.05, 4.69) is 0 Å². The molecule has 1 aromatic rings. The lowest BCUT2D eigenvalue weighted by atomic mass is 10.2. The molecule has 15 heavy (non-hydrogen) atoms. The average molecular weight is 207 g/mol. The molecule has 2 atom stereocenters. The molecular weight excluding hydrogens is 190 g/mol. The second-order valence-corrected chi connectivity index (χ2v) is 4.22. The second kappa shape index (κ2) is 4.11. The second-order valence-electron chi connectivity index (χ2n) is 4.22. The van der Waals surface area contributed by atoms with Gasteiger partial charge in [0.2, 0.25) is 0 Å². The van der Waals surface area contributed by atoms with Crippen LogP contribution in [0, 0.1) is 12.8 Å². The molecule has 3 heteroatoms. The molecule has 1 saturated carbocycles. The summed E-state index contributed by atoms with van der Waals surface area (Å²) in [5.41, 5.74) is 7.54. The first-order valence-corrected chi connectivity index (χ1v) is 5.34. The number of benzene rings is 1. The predicted molar refractivity (Wildman–Crippen MR) is 59.8 cm³/mol. The van der Waals surface area contributed by atoms with E-state index < -0.39 is 0 Å². The number of hydrogen-bond acceptors (Lipinski definition) is 3. The van der Waals surface area contributed by atoms with Gasteiger partial charge in [-0.25, -0.2) is 0 Å². The van der Waals surface area contributed by atoms with Gasteiger partial charge in [0.1, 0.15) is 5.75 Å². The van der Waals surface area contributed by atoms with E-state index in [1.54, 1.807) is 0 Å². The van der Waals surface area contributed by atoms with Crippen molar-refractivity contribution in [3.05, 3.63) is 23.8 Å². The van der Waals surface area contributed by atoms with Gasteiger partial charge in [-0.1, -0.05) is 0 Å². The van der Waals surface area contributed by atoms with Gasteiger partial charge < -0.3 is 15.6 Å². The van der Waals surface area contributed by atoms with Gasteiger partial charge in [-0.15, -0.1) is 0 Å². The Hall–Kier alpha value is -1.22. The molecule has 0 amide bonds. The summed E-state index contributed by atoms with van der Waals surface area (Å²) in [7, 11) is 0. The minimum absolute atomic E-state index is 0.0817. The van der Waals surface area contributed by atoms with Crippen LogP contribution in [0.5, 0.6) is 5.75 Å². The summed E-state index contributed by atoms with van der Waals surface area (Å²) >= 11 is 0. The van der Waals surface area contributed by atoms with E-state index >= 15 is 0 Å². The molecule has 0 radical (unpaired) electrons. The predicted octanol–water partition coefficient (Wildman–Crippen LogP) is 1.73. The van der Waals surface area contributed by atoms with Crippen molar-refractivity contribution in [2.24, 2.45) is 5.92 Å². The first-order chi connectivity index (χ1) is 7.16. The van der Waals surface area contributed by atoms with Crippen LogP contribution in [0.3, 0.4) is 0 Å². The number of rotatable bonds is 4. The van der Waals surface area contributed by atoms with Gasteiger partial charge in [0.25, 0.3) is 0 Å². The smallest absolute Gasteiger partial charge is 0.119 e. The van der Waals surface area contributed by atoms with Crippen LogP contribution in [-0.4, -0.2) is 17.8 Å². The molecule has 0 saturated heterocycles. The first-order valence-electron chi connectivity index (χ1n) is 5.34. The lowest BCUT2D eigenvalue weighted by Gasteiger charge is -2.07. The van der Waals surface area contributed by atoms with E-state index in [4.69, 9.17) is 15.6 Å². The summed E-state index contributed by atoms with van der Waals surface area (Å²) in [5.74, 6) is 1.32. The van der Waals surface area contributed by atoms with Crippen molar-refractivity contribution in [2.45, 2.75) is 25.9 Å². The van der Waals surface area contributed by atoms with Gasteiger partial charge in [-0.05, 0) is 49.4 Å². The Labute approximate surface area is 89.9 Å². The summed E-state index contributed by atoms with van der Waals surface area (Å²) in [6.07, 6.45) is 1.79. The van der Waals surface area contributed by atoms with E-state index in [-0.39, 0.29) is 6.10 Å². The molecule has 2 unspecified atom stereocenters. The Balaban J connectivity index is 1.80. The molecule has 3 nitrogen and oxygen atoms in total. The fourth-order valence-electron chi connectivity index (χ4n) is 1.61. The number of ether oxygens (including phenoxy) is 1. The molecule has 0 spiro atoms. The van der Waals surface area contributed by atoms with Crippen molar-refractivity contribution in [1.29, 1.82) is 0 Å². The minimum atomic E-state index is -0.0817. The van der Waals surface area contributed by atoms with Crippen molar-refractivity contribution < 1.29 is 9.84 Å².